The normalized spacial score (nSPS) is 10.5. The van der Waals surface area contributed by atoms with Crippen LogP contribution in [0.2, 0.25) is 0 Å². The van der Waals surface area contributed by atoms with Gasteiger partial charge in [0.2, 0.25) is 0 Å². The molecule has 0 aliphatic heterocycles. The Bertz CT molecular complexity index is 723. The summed E-state index contributed by atoms with van der Waals surface area (Å²) in [6.45, 7) is 0.684. The highest BCUT2D eigenvalue weighted by Crippen LogP contribution is 2.31. The van der Waals surface area contributed by atoms with Crippen molar-refractivity contribution < 1.29 is 4.79 Å². The van der Waals surface area contributed by atoms with Crippen LogP contribution in [0.1, 0.15) is 15.4 Å². The lowest BCUT2D eigenvalue weighted by Crippen LogP contribution is -2.16. The van der Waals surface area contributed by atoms with E-state index in [1.54, 1.807) is 11.3 Å². The zero-order chi connectivity index (χ0) is 14.7. The van der Waals surface area contributed by atoms with Gasteiger partial charge in [-0.15, -0.1) is 11.3 Å². The first-order chi connectivity index (χ1) is 10.3. The van der Waals surface area contributed by atoms with Gasteiger partial charge in [-0.2, -0.15) is 0 Å². The van der Waals surface area contributed by atoms with Crippen LogP contribution in [0.25, 0.3) is 11.3 Å². The van der Waals surface area contributed by atoms with Crippen molar-refractivity contribution in [2.45, 2.75) is 6.54 Å². The van der Waals surface area contributed by atoms with Crippen LogP contribution in [0.5, 0.6) is 0 Å². The van der Waals surface area contributed by atoms with Gasteiger partial charge in [-0.3, -0.25) is 4.79 Å². The lowest BCUT2D eigenvalue weighted by molar-refractivity contribution is 0.112. The molecule has 4 nitrogen and oxygen atoms in total. The molecule has 0 radical (unpaired) electrons. The molecule has 0 saturated carbocycles. The number of rotatable bonds is 5. The second-order valence-corrected chi connectivity index (χ2v) is 6.26. The van der Waals surface area contributed by atoms with Gasteiger partial charge in [0.1, 0.15) is 0 Å². The summed E-state index contributed by atoms with van der Waals surface area (Å²) < 4.78 is 0. The Kier molecular flexibility index (Phi) is 4.08. The topological polar surface area (TPSA) is 46.1 Å². The molecule has 0 atom stereocenters. The lowest BCUT2D eigenvalue weighted by Gasteiger charge is -2.13. The highest BCUT2D eigenvalue weighted by molar-refractivity contribution is 7.17. The van der Waals surface area contributed by atoms with Gasteiger partial charge in [-0.25, -0.2) is 9.97 Å². The third kappa shape index (κ3) is 3.01. The average molecular weight is 315 g/mol. The van der Waals surface area contributed by atoms with E-state index < -0.39 is 0 Å². The van der Waals surface area contributed by atoms with E-state index in [0.717, 1.165) is 28.4 Å². The number of carbonyl (C=O) groups excluding carboxylic acids is 1. The van der Waals surface area contributed by atoms with Gasteiger partial charge < -0.3 is 4.90 Å². The zero-order valence-electron chi connectivity index (χ0n) is 11.4. The SMILES string of the molecule is CN(Cc1cscn1)c1nc(-c2ccccc2)c(C=O)s1. The van der Waals surface area contributed by atoms with Crippen molar-refractivity contribution in [3.63, 3.8) is 0 Å². The molecule has 0 unspecified atom stereocenters. The average Bonchev–Trinajstić information content (AvgIpc) is 3.17. The predicted octanol–water partition coefficient (Wildman–Crippen LogP) is 3.72. The maximum absolute atomic E-state index is 11.3. The third-order valence-electron chi connectivity index (χ3n) is 3.01. The van der Waals surface area contributed by atoms with Gasteiger partial charge in [0.05, 0.1) is 28.3 Å². The second kappa shape index (κ2) is 6.15. The molecule has 106 valence electrons. The molecule has 0 fully saturated rings. The molecule has 0 saturated heterocycles. The first kappa shape index (κ1) is 13.9. The molecule has 0 N–H and O–H groups in total. The van der Waals surface area contributed by atoms with Crippen LogP contribution >= 0.6 is 22.7 Å². The summed E-state index contributed by atoms with van der Waals surface area (Å²) in [7, 11) is 1.96. The summed E-state index contributed by atoms with van der Waals surface area (Å²) >= 11 is 2.98. The van der Waals surface area contributed by atoms with E-state index in [2.05, 4.69) is 9.97 Å². The van der Waals surface area contributed by atoms with E-state index in [1.165, 1.54) is 11.3 Å². The van der Waals surface area contributed by atoms with E-state index in [1.807, 2.05) is 53.2 Å². The molecule has 0 aliphatic rings. The first-order valence-electron chi connectivity index (χ1n) is 6.37. The molecule has 0 amide bonds. The summed E-state index contributed by atoms with van der Waals surface area (Å²) in [5, 5.41) is 2.84. The van der Waals surface area contributed by atoms with Crippen molar-refractivity contribution >= 4 is 34.1 Å². The summed E-state index contributed by atoms with van der Waals surface area (Å²) in [6, 6.07) is 9.77. The molecular weight excluding hydrogens is 302 g/mol. The quantitative estimate of drug-likeness (QED) is 0.673. The Hall–Kier alpha value is -2.05. The van der Waals surface area contributed by atoms with Gasteiger partial charge in [-0.05, 0) is 0 Å². The molecule has 2 heterocycles. The van der Waals surface area contributed by atoms with Crippen molar-refractivity contribution in [3.05, 3.63) is 51.8 Å². The zero-order valence-corrected chi connectivity index (χ0v) is 13.0. The second-order valence-electron chi connectivity index (χ2n) is 4.53. The number of benzene rings is 1. The molecule has 21 heavy (non-hydrogen) atoms. The van der Waals surface area contributed by atoms with E-state index in [4.69, 9.17) is 0 Å². The number of carbonyl (C=O) groups is 1. The summed E-state index contributed by atoms with van der Waals surface area (Å²) in [4.78, 5) is 22.9. The Morgan fingerprint density at radius 1 is 1.29 bits per heavy atom. The van der Waals surface area contributed by atoms with Crippen LogP contribution in [0, 0.1) is 0 Å². The van der Waals surface area contributed by atoms with Crippen LogP contribution in [0.3, 0.4) is 0 Å². The fraction of sp³-hybridized carbons (Fsp3) is 0.133. The van der Waals surface area contributed by atoms with Crippen molar-refractivity contribution in [2.24, 2.45) is 0 Å². The number of hydrogen-bond acceptors (Lipinski definition) is 6. The Balaban J connectivity index is 1.90. The highest BCUT2D eigenvalue weighted by atomic mass is 32.1. The van der Waals surface area contributed by atoms with Crippen LogP contribution in [0.4, 0.5) is 5.13 Å². The third-order valence-corrected chi connectivity index (χ3v) is 4.74. The molecule has 3 aromatic rings. The smallest absolute Gasteiger partial charge is 0.186 e. The standard InChI is InChI=1S/C15H13N3OS2/c1-18(7-12-9-20-10-16-12)15-17-14(13(8-19)21-15)11-5-3-2-4-6-11/h2-6,8-10H,7H2,1H3. The van der Waals surface area contributed by atoms with Gasteiger partial charge >= 0.3 is 0 Å². The van der Waals surface area contributed by atoms with Crippen molar-refractivity contribution in [1.82, 2.24) is 9.97 Å². The number of hydrogen-bond donors (Lipinski definition) is 0. The molecule has 3 rings (SSSR count). The molecular formula is C15H13N3OS2. The number of nitrogens with zero attached hydrogens (tertiary/aromatic N) is 3. The number of aldehydes is 1. The fourth-order valence-electron chi connectivity index (χ4n) is 1.99. The molecule has 6 heteroatoms. The van der Waals surface area contributed by atoms with E-state index in [0.29, 0.717) is 11.4 Å². The van der Waals surface area contributed by atoms with Crippen molar-refractivity contribution in [1.29, 1.82) is 0 Å². The first-order valence-corrected chi connectivity index (χ1v) is 8.13. The van der Waals surface area contributed by atoms with Gasteiger partial charge in [0, 0.05) is 18.0 Å². The molecule has 1 aromatic carbocycles. The van der Waals surface area contributed by atoms with Gasteiger partial charge in [-0.1, -0.05) is 41.7 Å². The predicted molar refractivity (Wildman–Crippen MR) is 87.2 cm³/mol. The van der Waals surface area contributed by atoms with Crippen LogP contribution in [0.15, 0.2) is 41.2 Å². The van der Waals surface area contributed by atoms with Crippen LogP contribution in [-0.4, -0.2) is 23.3 Å². The Morgan fingerprint density at radius 2 is 2.10 bits per heavy atom. The minimum atomic E-state index is 0.654. The summed E-state index contributed by atoms with van der Waals surface area (Å²) in [6.07, 6.45) is 0.875. The van der Waals surface area contributed by atoms with Crippen LogP contribution < -0.4 is 4.90 Å². The number of thiazole rings is 2. The monoisotopic (exact) mass is 315 g/mol. The molecule has 0 bridgehead atoms. The maximum atomic E-state index is 11.3. The minimum Gasteiger partial charge on any atom is -0.345 e. The van der Waals surface area contributed by atoms with E-state index in [9.17, 15) is 4.79 Å². The minimum absolute atomic E-state index is 0.654. The Labute approximate surface area is 130 Å². The fourth-order valence-corrected chi connectivity index (χ4v) is 3.40. The van der Waals surface area contributed by atoms with E-state index >= 15 is 0 Å². The molecule has 2 aromatic heterocycles. The summed E-state index contributed by atoms with van der Waals surface area (Å²) in [5.41, 5.74) is 4.53. The largest absolute Gasteiger partial charge is 0.345 e. The molecule has 0 spiro atoms. The lowest BCUT2D eigenvalue weighted by atomic mass is 10.1. The number of anilines is 1. The Morgan fingerprint density at radius 3 is 2.76 bits per heavy atom. The highest BCUT2D eigenvalue weighted by Gasteiger charge is 2.15. The maximum Gasteiger partial charge on any atom is 0.186 e. The van der Waals surface area contributed by atoms with Crippen LogP contribution in [-0.2, 0) is 6.54 Å². The van der Waals surface area contributed by atoms with Crippen molar-refractivity contribution in [3.8, 4) is 11.3 Å². The molecule has 0 aliphatic carbocycles. The number of aromatic nitrogens is 2. The van der Waals surface area contributed by atoms with E-state index in [-0.39, 0.29) is 0 Å². The summed E-state index contributed by atoms with van der Waals surface area (Å²) in [5.74, 6) is 0. The van der Waals surface area contributed by atoms with Crippen molar-refractivity contribution in [2.75, 3.05) is 11.9 Å². The van der Waals surface area contributed by atoms with Gasteiger partial charge in [0.15, 0.2) is 11.4 Å². The van der Waals surface area contributed by atoms with Gasteiger partial charge in [0.25, 0.3) is 0 Å².